The minimum absolute atomic E-state index is 0.0429. The molecule has 90 valence electrons. The second kappa shape index (κ2) is 6.51. The first-order valence-electron chi connectivity index (χ1n) is 5.65. The number of hydrogen-bond donors (Lipinski definition) is 1. The average Bonchev–Trinajstić information content (AvgIpc) is 2.35. The third-order valence-corrected chi connectivity index (χ3v) is 2.77. The predicted molar refractivity (Wildman–Crippen MR) is 65.6 cm³/mol. The Hall–Kier alpha value is -1.06. The van der Waals surface area contributed by atoms with Gasteiger partial charge in [-0.2, -0.15) is 0 Å². The Labute approximate surface area is 97.6 Å². The van der Waals surface area contributed by atoms with Gasteiger partial charge in [-0.15, -0.1) is 0 Å². The number of rotatable bonds is 6. The highest BCUT2D eigenvalue weighted by Crippen LogP contribution is 2.27. The Balaban J connectivity index is 2.88. The van der Waals surface area contributed by atoms with Crippen molar-refractivity contribution < 1.29 is 9.47 Å². The fourth-order valence-electron chi connectivity index (χ4n) is 1.87. The van der Waals surface area contributed by atoms with Crippen molar-refractivity contribution in [2.24, 2.45) is 5.73 Å². The molecule has 0 amide bonds. The Morgan fingerprint density at radius 3 is 2.50 bits per heavy atom. The summed E-state index contributed by atoms with van der Waals surface area (Å²) in [5.41, 5.74) is 7.21. The fraction of sp³-hybridized carbons (Fsp3) is 0.538. The topological polar surface area (TPSA) is 44.5 Å². The van der Waals surface area contributed by atoms with Crippen LogP contribution in [0.3, 0.4) is 0 Å². The second-order valence-electron chi connectivity index (χ2n) is 3.83. The molecule has 0 saturated carbocycles. The van der Waals surface area contributed by atoms with E-state index in [-0.39, 0.29) is 12.1 Å². The van der Waals surface area contributed by atoms with Crippen LogP contribution in [0.2, 0.25) is 0 Å². The summed E-state index contributed by atoms with van der Waals surface area (Å²) in [6, 6.07) is 7.69. The quantitative estimate of drug-likeness (QED) is 0.806. The SMILES string of the molecule is CCCC(OC)C(N)c1ccccc1OC. The van der Waals surface area contributed by atoms with Crippen LogP contribution in [-0.2, 0) is 4.74 Å². The zero-order valence-corrected chi connectivity index (χ0v) is 10.3. The van der Waals surface area contributed by atoms with Gasteiger partial charge in [0.05, 0.1) is 19.3 Å². The fourth-order valence-corrected chi connectivity index (χ4v) is 1.87. The van der Waals surface area contributed by atoms with E-state index in [0.717, 1.165) is 24.2 Å². The highest BCUT2D eigenvalue weighted by atomic mass is 16.5. The van der Waals surface area contributed by atoms with Crippen LogP contribution in [0.5, 0.6) is 5.75 Å². The molecule has 0 heterocycles. The molecule has 0 aliphatic carbocycles. The van der Waals surface area contributed by atoms with E-state index in [1.165, 1.54) is 0 Å². The molecular formula is C13H21NO2. The van der Waals surface area contributed by atoms with Crippen LogP contribution < -0.4 is 10.5 Å². The molecular weight excluding hydrogens is 202 g/mol. The minimum atomic E-state index is -0.138. The second-order valence-corrected chi connectivity index (χ2v) is 3.83. The molecule has 2 N–H and O–H groups in total. The van der Waals surface area contributed by atoms with Crippen molar-refractivity contribution >= 4 is 0 Å². The van der Waals surface area contributed by atoms with Gasteiger partial charge in [-0.25, -0.2) is 0 Å². The van der Waals surface area contributed by atoms with E-state index in [9.17, 15) is 0 Å². The molecule has 0 aromatic heterocycles. The maximum atomic E-state index is 6.21. The monoisotopic (exact) mass is 223 g/mol. The van der Waals surface area contributed by atoms with Crippen LogP contribution in [0, 0.1) is 0 Å². The zero-order chi connectivity index (χ0) is 12.0. The highest BCUT2D eigenvalue weighted by Gasteiger charge is 2.20. The molecule has 1 aromatic carbocycles. The van der Waals surface area contributed by atoms with Crippen molar-refractivity contribution in [2.75, 3.05) is 14.2 Å². The van der Waals surface area contributed by atoms with E-state index in [2.05, 4.69) is 6.92 Å². The first kappa shape index (κ1) is 13.0. The van der Waals surface area contributed by atoms with E-state index < -0.39 is 0 Å². The summed E-state index contributed by atoms with van der Waals surface area (Å²) in [6.07, 6.45) is 2.05. The van der Waals surface area contributed by atoms with Crippen molar-refractivity contribution in [3.8, 4) is 5.75 Å². The third kappa shape index (κ3) is 2.97. The van der Waals surface area contributed by atoms with Crippen molar-refractivity contribution in [3.05, 3.63) is 29.8 Å². The van der Waals surface area contributed by atoms with Crippen molar-refractivity contribution in [3.63, 3.8) is 0 Å². The number of hydrogen-bond acceptors (Lipinski definition) is 3. The van der Waals surface area contributed by atoms with Gasteiger partial charge in [0, 0.05) is 12.7 Å². The van der Waals surface area contributed by atoms with E-state index in [1.807, 2.05) is 24.3 Å². The molecule has 1 rings (SSSR count). The predicted octanol–water partition coefficient (Wildman–Crippen LogP) is 2.51. The summed E-state index contributed by atoms with van der Waals surface area (Å²) in [5, 5.41) is 0. The maximum absolute atomic E-state index is 6.21. The molecule has 0 aliphatic heterocycles. The van der Waals surface area contributed by atoms with Crippen LogP contribution in [0.25, 0.3) is 0 Å². The van der Waals surface area contributed by atoms with Crippen LogP contribution in [0.1, 0.15) is 31.4 Å². The van der Waals surface area contributed by atoms with Crippen LogP contribution in [-0.4, -0.2) is 20.3 Å². The van der Waals surface area contributed by atoms with Crippen LogP contribution in [0.4, 0.5) is 0 Å². The molecule has 0 radical (unpaired) electrons. The van der Waals surface area contributed by atoms with Gasteiger partial charge in [-0.1, -0.05) is 31.5 Å². The third-order valence-electron chi connectivity index (χ3n) is 2.77. The van der Waals surface area contributed by atoms with Crippen LogP contribution >= 0.6 is 0 Å². The molecule has 0 spiro atoms. The van der Waals surface area contributed by atoms with Crippen LogP contribution in [0.15, 0.2) is 24.3 Å². The number of ether oxygens (including phenoxy) is 2. The molecule has 0 fully saturated rings. The molecule has 2 unspecified atom stereocenters. The highest BCUT2D eigenvalue weighted by molar-refractivity contribution is 5.36. The van der Waals surface area contributed by atoms with Crippen molar-refractivity contribution in [1.29, 1.82) is 0 Å². The zero-order valence-electron chi connectivity index (χ0n) is 10.3. The molecule has 1 aromatic rings. The largest absolute Gasteiger partial charge is 0.496 e. The molecule has 0 saturated heterocycles. The van der Waals surface area contributed by atoms with E-state index in [4.69, 9.17) is 15.2 Å². The maximum Gasteiger partial charge on any atom is 0.123 e. The van der Waals surface area contributed by atoms with Crippen molar-refractivity contribution in [1.82, 2.24) is 0 Å². The summed E-state index contributed by atoms with van der Waals surface area (Å²) in [7, 11) is 3.36. The summed E-state index contributed by atoms with van der Waals surface area (Å²) in [5.74, 6) is 0.827. The van der Waals surface area contributed by atoms with Crippen molar-refractivity contribution in [2.45, 2.75) is 31.9 Å². The summed E-state index contributed by atoms with van der Waals surface area (Å²) in [4.78, 5) is 0. The smallest absolute Gasteiger partial charge is 0.123 e. The first-order chi connectivity index (χ1) is 7.74. The van der Waals surface area contributed by atoms with E-state index in [0.29, 0.717) is 0 Å². The molecule has 3 nitrogen and oxygen atoms in total. The van der Waals surface area contributed by atoms with Gasteiger partial charge in [0.25, 0.3) is 0 Å². The summed E-state index contributed by atoms with van der Waals surface area (Å²) < 4.78 is 10.7. The van der Waals surface area contributed by atoms with Gasteiger partial charge in [0.15, 0.2) is 0 Å². The Kier molecular flexibility index (Phi) is 5.29. The lowest BCUT2D eigenvalue weighted by Crippen LogP contribution is -2.28. The van der Waals surface area contributed by atoms with Gasteiger partial charge in [-0.05, 0) is 12.5 Å². The van der Waals surface area contributed by atoms with E-state index >= 15 is 0 Å². The Bertz CT molecular complexity index is 315. The molecule has 0 bridgehead atoms. The number of benzene rings is 1. The normalized spacial score (nSPS) is 14.5. The van der Waals surface area contributed by atoms with Gasteiger partial charge in [0.1, 0.15) is 5.75 Å². The lowest BCUT2D eigenvalue weighted by molar-refractivity contribution is 0.0718. The average molecular weight is 223 g/mol. The number of methoxy groups -OCH3 is 2. The molecule has 2 atom stereocenters. The number of para-hydroxylation sites is 1. The molecule has 0 aliphatic rings. The van der Waals surface area contributed by atoms with Gasteiger partial charge in [0.2, 0.25) is 0 Å². The molecule has 3 heteroatoms. The Morgan fingerprint density at radius 2 is 1.94 bits per heavy atom. The standard InChI is InChI=1S/C13H21NO2/c1-4-7-12(16-3)13(14)10-8-5-6-9-11(10)15-2/h5-6,8-9,12-13H,4,7,14H2,1-3H3. The lowest BCUT2D eigenvalue weighted by Gasteiger charge is -2.23. The Morgan fingerprint density at radius 1 is 1.25 bits per heavy atom. The number of nitrogens with two attached hydrogens (primary N) is 1. The minimum Gasteiger partial charge on any atom is -0.496 e. The van der Waals surface area contributed by atoms with Gasteiger partial charge >= 0.3 is 0 Å². The van der Waals surface area contributed by atoms with Gasteiger partial charge in [-0.3, -0.25) is 0 Å². The van der Waals surface area contributed by atoms with E-state index in [1.54, 1.807) is 14.2 Å². The summed E-state index contributed by atoms with van der Waals surface area (Å²) in [6.45, 7) is 2.13. The summed E-state index contributed by atoms with van der Waals surface area (Å²) >= 11 is 0. The first-order valence-corrected chi connectivity index (χ1v) is 5.65. The van der Waals surface area contributed by atoms with Gasteiger partial charge < -0.3 is 15.2 Å². The molecule has 16 heavy (non-hydrogen) atoms. The lowest BCUT2D eigenvalue weighted by atomic mass is 9.98.